The summed E-state index contributed by atoms with van der Waals surface area (Å²) in [4.78, 5) is 0. The average Bonchev–Trinajstić information content (AvgIpc) is 2.18. The van der Waals surface area contributed by atoms with Crippen LogP contribution in [0.4, 0.5) is 4.39 Å². The highest BCUT2D eigenvalue weighted by Crippen LogP contribution is 2.10. The molecule has 1 rings (SSSR count). The van der Waals surface area contributed by atoms with Gasteiger partial charge in [0, 0.05) is 12.1 Å². The van der Waals surface area contributed by atoms with Crippen molar-refractivity contribution in [1.29, 1.82) is 0 Å². The summed E-state index contributed by atoms with van der Waals surface area (Å²) in [6.07, 6.45) is 1.87. The predicted molar refractivity (Wildman–Crippen MR) is 58.6 cm³/mol. The summed E-state index contributed by atoms with van der Waals surface area (Å²) in [6.45, 7) is 5.79. The molecule has 0 heterocycles. The predicted octanol–water partition coefficient (Wildman–Crippen LogP) is 2.84. The van der Waals surface area contributed by atoms with Gasteiger partial charge in [-0.1, -0.05) is 36.8 Å². The first-order valence-electron chi connectivity index (χ1n) is 4.86. The first-order chi connectivity index (χ1) is 6.74. The van der Waals surface area contributed by atoms with Crippen molar-refractivity contribution in [3.05, 3.63) is 41.2 Å². The van der Waals surface area contributed by atoms with Gasteiger partial charge in [0.15, 0.2) is 0 Å². The van der Waals surface area contributed by atoms with Gasteiger partial charge in [-0.05, 0) is 19.5 Å². The third-order valence-electron chi connectivity index (χ3n) is 1.96. The SMILES string of the molecule is CCNCC(C)=Cc1ccccc1F. The Morgan fingerprint density at radius 1 is 1.43 bits per heavy atom. The molecule has 1 aromatic rings. The van der Waals surface area contributed by atoms with E-state index >= 15 is 0 Å². The Labute approximate surface area is 84.6 Å². The van der Waals surface area contributed by atoms with Crippen LogP contribution in [0.1, 0.15) is 19.4 Å². The van der Waals surface area contributed by atoms with Crippen molar-refractivity contribution in [1.82, 2.24) is 5.32 Å². The summed E-state index contributed by atoms with van der Waals surface area (Å²) >= 11 is 0. The van der Waals surface area contributed by atoms with Crippen molar-refractivity contribution in [3.63, 3.8) is 0 Å². The van der Waals surface area contributed by atoms with Crippen LogP contribution < -0.4 is 5.32 Å². The van der Waals surface area contributed by atoms with Crippen LogP contribution in [-0.2, 0) is 0 Å². The molecule has 1 aromatic carbocycles. The van der Waals surface area contributed by atoms with E-state index in [1.54, 1.807) is 12.1 Å². The van der Waals surface area contributed by atoms with Gasteiger partial charge < -0.3 is 5.32 Å². The molecule has 0 aliphatic carbocycles. The molecule has 0 atom stereocenters. The van der Waals surface area contributed by atoms with Crippen LogP contribution in [0.5, 0.6) is 0 Å². The Hall–Kier alpha value is -1.15. The second kappa shape index (κ2) is 5.55. The van der Waals surface area contributed by atoms with Crippen LogP contribution in [0.2, 0.25) is 0 Å². The number of nitrogens with one attached hydrogen (secondary N) is 1. The third kappa shape index (κ3) is 3.30. The van der Waals surface area contributed by atoms with Crippen molar-refractivity contribution in [2.75, 3.05) is 13.1 Å². The van der Waals surface area contributed by atoms with E-state index in [0.29, 0.717) is 5.56 Å². The van der Waals surface area contributed by atoms with Gasteiger partial charge in [-0.3, -0.25) is 0 Å². The molecule has 0 amide bonds. The summed E-state index contributed by atoms with van der Waals surface area (Å²) < 4.78 is 13.2. The first-order valence-corrected chi connectivity index (χ1v) is 4.86. The average molecular weight is 193 g/mol. The second-order valence-corrected chi connectivity index (χ2v) is 3.29. The van der Waals surface area contributed by atoms with E-state index in [-0.39, 0.29) is 5.82 Å². The summed E-state index contributed by atoms with van der Waals surface area (Å²) in [5.41, 5.74) is 1.79. The minimum atomic E-state index is -0.164. The van der Waals surface area contributed by atoms with Crippen molar-refractivity contribution < 1.29 is 4.39 Å². The number of benzene rings is 1. The zero-order valence-corrected chi connectivity index (χ0v) is 8.68. The number of rotatable bonds is 4. The van der Waals surface area contributed by atoms with Gasteiger partial charge in [0.25, 0.3) is 0 Å². The number of hydrogen-bond donors (Lipinski definition) is 1. The molecule has 0 aliphatic rings. The van der Waals surface area contributed by atoms with E-state index in [1.807, 2.05) is 19.1 Å². The van der Waals surface area contributed by atoms with Crippen molar-refractivity contribution in [2.24, 2.45) is 0 Å². The number of likely N-dealkylation sites (N-methyl/N-ethyl adjacent to an activating group) is 1. The highest BCUT2D eigenvalue weighted by molar-refractivity contribution is 5.53. The summed E-state index contributed by atoms with van der Waals surface area (Å²) in [5, 5.41) is 3.20. The fourth-order valence-electron chi connectivity index (χ4n) is 1.23. The molecule has 0 saturated heterocycles. The maximum absolute atomic E-state index is 13.2. The van der Waals surface area contributed by atoms with Gasteiger partial charge in [-0.2, -0.15) is 0 Å². The van der Waals surface area contributed by atoms with Gasteiger partial charge in [0.05, 0.1) is 0 Å². The van der Waals surface area contributed by atoms with Crippen LogP contribution >= 0.6 is 0 Å². The molecule has 0 spiro atoms. The van der Waals surface area contributed by atoms with Gasteiger partial charge in [0.1, 0.15) is 5.82 Å². The zero-order chi connectivity index (χ0) is 10.4. The normalized spacial score (nSPS) is 11.8. The first kappa shape index (κ1) is 10.9. The van der Waals surface area contributed by atoms with Crippen LogP contribution in [0, 0.1) is 5.82 Å². The lowest BCUT2D eigenvalue weighted by Gasteiger charge is -2.02. The van der Waals surface area contributed by atoms with Crippen LogP contribution in [0.3, 0.4) is 0 Å². The Morgan fingerprint density at radius 3 is 2.79 bits per heavy atom. The molecule has 0 aromatic heterocycles. The molecular formula is C12H16FN. The lowest BCUT2D eigenvalue weighted by molar-refractivity contribution is 0.625. The van der Waals surface area contributed by atoms with Crippen molar-refractivity contribution in [2.45, 2.75) is 13.8 Å². The Bertz CT molecular complexity index is 318. The maximum Gasteiger partial charge on any atom is 0.130 e. The molecule has 76 valence electrons. The fourth-order valence-corrected chi connectivity index (χ4v) is 1.23. The lowest BCUT2D eigenvalue weighted by atomic mass is 10.1. The summed E-state index contributed by atoms with van der Waals surface area (Å²) in [7, 11) is 0. The monoisotopic (exact) mass is 193 g/mol. The minimum absolute atomic E-state index is 0.164. The van der Waals surface area contributed by atoms with Crippen LogP contribution in [-0.4, -0.2) is 13.1 Å². The lowest BCUT2D eigenvalue weighted by Crippen LogP contribution is -2.14. The molecule has 0 aliphatic heterocycles. The highest BCUT2D eigenvalue weighted by Gasteiger charge is 1.96. The van der Waals surface area contributed by atoms with E-state index < -0.39 is 0 Å². The van der Waals surface area contributed by atoms with Crippen molar-refractivity contribution in [3.8, 4) is 0 Å². The summed E-state index contributed by atoms with van der Waals surface area (Å²) in [6, 6.07) is 6.80. The van der Waals surface area contributed by atoms with Gasteiger partial charge in [0.2, 0.25) is 0 Å². The molecule has 0 unspecified atom stereocenters. The zero-order valence-electron chi connectivity index (χ0n) is 8.68. The molecular weight excluding hydrogens is 177 g/mol. The molecule has 1 N–H and O–H groups in total. The molecule has 1 nitrogen and oxygen atoms in total. The molecule has 0 fully saturated rings. The minimum Gasteiger partial charge on any atom is -0.313 e. The number of halogens is 1. The van der Waals surface area contributed by atoms with E-state index in [9.17, 15) is 4.39 Å². The second-order valence-electron chi connectivity index (χ2n) is 3.29. The van der Waals surface area contributed by atoms with Crippen LogP contribution in [0.25, 0.3) is 6.08 Å². The standard InChI is InChI=1S/C12H16FN/c1-3-14-9-10(2)8-11-6-4-5-7-12(11)13/h4-8,14H,3,9H2,1-2H3. The Morgan fingerprint density at radius 2 is 2.14 bits per heavy atom. The Balaban J connectivity index is 2.71. The van der Waals surface area contributed by atoms with E-state index in [1.165, 1.54) is 6.07 Å². The van der Waals surface area contributed by atoms with E-state index in [2.05, 4.69) is 12.2 Å². The van der Waals surface area contributed by atoms with E-state index in [0.717, 1.165) is 18.7 Å². The topological polar surface area (TPSA) is 12.0 Å². The van der Waals surface area contributed by atoms with Crippen LogP contribution in [0.15, 0.2) is 29.8 Å². The molecule has 14 heavy (non-hydrogen) atoms. The largest absolute Gasteiger partial charge is 0.313 e. The maximum atomic E-state index is 13.2. The van der Waals surface area contributed by atoms with Crippen molar-refractivity contribution >= 4 is 6.08 Å². The number of hydrogen-bond acceptors (Lipinski definition) is 1. The smallest absolute Gasteiger partial charge is 0.130 e. The van der Waals surface area contributed by atoms with Gasteiger partial charge in [-0.15, -0.1) is 0 Å². The highest BCUT2D eigenvalue weighted by atomic mass is 19.1. The third-order valence-corrected chi connectivity index (χ3v) is 1.96. The molecule has 0 radical (unpaired) electrons. The molecule has 2 heteroatoms. The van der Waals surface area contributed by atoms with E-state index in [4.69, 9.17) is 0 Å². The van der Waals surface area contributed by atoms with Gasteiger partial charge in [-0.25, -0.2) is 4.39 Å². The Kier molecular flexibility index (Phi) is 4.33. The molecule has 0 bridgehead atoms. The quantitative estimate of drug-likeness (QED) is 0.775. The fraction of sp³-hybridized carbons (Fsp3) is 0.333. The van der Waals surface area contributed by atoms with Gasteiger partial charge >= 0.3 is 0 Å². The summed E-state index contributed by atoms with van der Waals surface area (Å²) in [5.74, 6) is -0.164. The molecule has 0 saturated carbocycles.